The molecule has 2 saturated heterocycles. The van der Waals surface area contributed by atoms with Crippen molar-refractivity contribution in [3.8, 4) is 0 Å². The summed E-state index contributed by atoms with van der Waals surface area (Å²) in [5.74, 6) is 1.15. The van der Waals surface area contributed by atoms with Gasteiger partial charge < -0.3 is 9.73 Å². The van der Waals surface area contributed by atoms with Crippen molar-refractivity contribution in [1.82, 2.24) is 10.2 Å². The molecule has 3 heterocycles. The van der Waals surface area contributed by atoms with E-state index in [1.165, 1.54) is 44.2 Å². The monoisotopic (exact) mass is 262 g/mol. The zero-order chi connectivity index (χ0) is 13.2. The maximum atomic E-state index is 5.64. The van der Waals surface area contributed by atoms with E-state index in [1.54, 1.807) is 0 Å². The summed E-state index contributed by atoms with van der Waals surface area (Å²) in [5, 5.41) is 3.74. The van der Waals surface area contributed by atoms with Crippen LogP contribution in [0.2, 0.25) is 0 Å². The van der Waals surface area contributed by atoms with E-state index in [9.17, 15) is 0 Å². The number of piperidine rings is 1. The lowest BCUT2D eigenvalue weighted by Gasteiger charge is -2.37. The van der Waals surface area contributed by atoms with Crippen LogP contribution in [0.5, 0.6) is 0 Å². The summed E-state index contributed by atoms with van der Waals surface area (Å²) in [6.45, 7) is 6.59. The molecule has 0 amide bonds. The average Bonchev–Trinajstić information content (AvgIpc) is 2.95. The van der Waals surface area contributed by atoms with E-state index in [-0.39, 0.29) is 0 Å². The van der Waals surface area contributed by atoms with E-state index < -0.39 is 0 Å². The Bertz CT molecular complexity index is 403. The molecule has 0 spiro atoms. The highest BCUT2D eigenvalue weighted by molar-refractivity contribution is 5.14. The second kappa shape index (κ2) is 5.68. The second-order valence-corrected chi connectivity index (χ2v) is 6.26. The summed E-state index contributed by atoms with van der Waals surface area (Å²) >= 11 is 0. The maximum absolute atomic E-state index is 5.64. The molecule has 2 aliphatic heterocycles. The fraction of sp³-hybridized carbons (Fsp3) is 0.750. The van der Waals surface area contributed by atoms with Crippen LogP contribution in [0.4, 0.5) is 0 Å². The molecule has 3 nitrogen and oxygen atoms in total. The molecule has 2 unspecified atom stereocenters. The Labute approximate surface area is 116 Å². The number of hydrogen-bond donors (Lipinski definition) is 1. The highest BCUT2D eigenvalue weighted by Crippen LogP contribution is 2.30. The minimum absolute atomic E-state index is 0.739. The number of aryl methyl sites for hydroxylation is 1. The molecular formula is C16H26N2O. The van der Waals surface area contributed by atoms with Gasteiger partial charge in [-0.05, 0) is 57.2 Å². The molecule has 0 radical (unpaired) electrons. The molecule has 0 aliphatic carbocycles. The van der Waals surface area contributed by atoms with Gasteiger partial charge in [0.1, 0.15) is 5.76 Å². The van der Waals surface area contributed by atoms with E-state index in [0.29, 0.717) is 0 Å². The Kier molecular flexibility index (Phi) is 3.94. The van der Waals surface area contributed by atoms with Gasteiger partial charge in [0.15, 0.2) is 0 Å². The molecule has 106 valence electrons. The first-order valence-corrected chi connectivity index (χ1v) is 7.79. The van der Waals surface area contributed by atoms with Gasteiger partial charge in [0, 0.05) is 18.1 Å². The first kappa shape index (κ1) is 13.2. The summed E-state index contributed by atoms with van der Waals surface area (Å²) in [6, 6.07) is 4.34. The van der Waals surface area contributed by atoms with Gasteiger partial charge in [-0.1, -0.05) is 6.92 Å². The molecule has 19 heavy (non-hydrogen) atoms. The van der Waals surface area contributed by atoms with Crippen molar-refractivity contribution in [3.05, 3.63) is 23.7 Å². The summed E-state index contributed by atoms with van der Waals surface area (Å²) in [4.78, 5) is 2.65. The van der Waals surface area contributed by atoms with Gasteiger partial charge in [0.25, 0.3) is 0 Å². The molecule has 1 aromatic rings. The fourth-order valence-electron chi connectivity index (χ4n) is 3.75. The van der Waals surface area contributed by atoms with Crippen LogP contribution in [0.3, 0.4) is 0 Å². The van der Waals surface area contributed by atoms with E-state index in [0.717, 1.165) is 30.4 Å². The molecule has 0 saturated carbocycles. The average molecular weight is 262 g/mol. The minimum Gasteiger partial charge on any atom is -0.468 e. The van der Waals surface area contributed by atoms with Crippen LogP contribution in [0.25, 0.3) is 0 Å². The predicted molar refractivity (Wildman–Crippen MR) is 77.1 cm³/mol. The lowest BCUT2D eigenvalue weighted by Crippen LogP contribution is -2.48. The molecule has 2 atom stereocenters. The molecule has 3 rings (SSSR count). The molecular weight excluding hydrogens is 236 g/mol. The number of nitrogens with zero attached hydrogens (tertiary/aromatic N) is 1. The van der Waals surface area contributed by atoms with Gasteiger partial charge in [0.2, 0.25) is 0 Å². The van der Waals surface area contributed by atoms with Crippen molar-refractivity contribution in [3.63, 3.8) is 0 Å². The third kappa shape index (κ3) is 2.87. The van der Waals surface area contributed by atoms with Gasteiger partial charge in [-0.25, -0.2) is 0 Å². The number of fused-ring (bicyclic) bond motifs is 2. The third-order valence-corrected chi connectivity index (χ3v) is 4.79. The Hall–Kier alpha value is -0.800. The molecule has 1 N–H and O–H groups in total. The number of hydrogen-bond acceptors (Lipinski definition) is 3. The first-order chi connectivity index (χ1) is 9.26. The highest BCUT2D eigenvalue weighted by atomic mass is 16.3. The second-order valence-electron chi connectivity index (χ2n) is 6.26. The number of rotatable bonds is 5. The number of nitrogens with one attached hydrogen (secondary N) is 1. The zero-order valence-electron chi connectivity index (χ0n) is 12.2. The third-order valence-electron chi connectivity index (χ3n) is 4.79. The van der Waals surface area contributed by atoms with Gasteiger partial charge in [-0.2, -0.15) is 0 Å². The van der Waals surface area contributed by atoms with Crippen LogP contribution >= 0.6 is 0 Å². The number of furan rings is 1. The van der Waals surface area contributed by atoms with Crippen LogP contribution in [-0.2, 0) is 6.54 Å². The van der Waals surface area contributed by atoms with E-state index in [1.807, 2.05) is 6.26 Å². The summed E-state index contributed by atoms with van der Waals surface area (Å²) in [6.07, 6.45) is 8.42. The largest absolute Gasteiger partial charge is 0.468 e. The fourth-order valence-corrected chi connectivity index (χ4v) is 3.75. The van der Waals surface area contributed by atoms with Gasteiger partial charge in [-0.15, -0.1) is 0 Å². The Morgan fingerprint density at radius 3 is 2.63 bits per heavy atom. The lowest BCUT2D eigenvalue weighted by molar-refractivity contribution is 0.125. The molecule has 1 aromatic heterocycles. The van der Waals surface area contributed by atoms with Crippen LogP contribution < -0.4 is 5.32 Å². The predicted octanol–water partition coefficient (Wildman–Crippen LogP) is 3.08. The Balaban J connectivity index is 1.68. The molecule has 2 bridgehead atoms. The summed E-state index contributed by atoms with van der Waals surface area (Å²) < 4.78 is 5.64. The van der Waals surface area contributed by atoms with E-state index in [4.69, 9.17) is 4.42 Å². The van der Waals surface area contributed by atoms with Crippen molar-refractivity contribution < 1.29 is 4.42 Å². The molecule has 2 fully saturated rings. The van der Waals surface area contributed by atoms with Gasteiger partial charge >= 0.3 is 0 Å². The van der Waals surface area contributed by atoms with Crippen molar-refractivity contribution in [1.29, 1.82) is 0 Å². The summed E-state index contributed by atoms with van der Waals surface area (Å²) in [5.41, 5.74) is 1.29. The molecule has 2 aliphatic rings. The van der Waals surface area contributed by atoms with E-state index in [2.05, 4.69) is 30.1 Å². The zero-order valence-corrected chi connectivity index (χ0v) is 12.2. The minimum atomic E-state index is 0.739. The van der Waals surface area contributed by atoms with Crippen molar-refractivity contribution in [2.75, 3.05) is 6.54 Å². The molecule has 3 heteroatoms. The van der Waals surface area contributed by atoms with E-state index >= 15 is 0 Å². The summed E-state index contributed by atoms with van der Waals surface area (Å²) in [7, 11) is 0. The SMILES string of the molecule is CCCN(Cc1occc1C)C1CC2CCC(C1)N2. The van der Waals surface area contributed by atoms with Crippen molar-refractivity contribution in [2.45, 2.75) is 70.6 Å². The van der Waals surface area contributed by atoms with Crippen LogP contribution in [0.1, 0.15) is 50.4 Å². The smallest absolute Gasteiger partial charge is 0.120 e. The van der Waals surface area contributed by atoms with Crippen LogP contribution in [0, 0.1) is 6.92 Å². The normalized spacial score (nSPS) is 30.2. The highest BCUT2D eigenvalue weighted by Gasteiger charge is 2.36. The maximum Gasteiger partial charge on any atom is 0.120 e. The van der Waals surface area contributed by atoms with Gasteiger partial charge in [-0.3, -0.25) is 4.90 Å². The quantitative estimate of drug-likeness (QED) is 0.884. The van der Waals surface area contributed by atoms with Crippen molar-refractivity contribution >= 4 is 0 Å². The Morgan fingerprint density at radius 1 is 1.32 bits per heavy atom. The van der Waals surface area contributed by atoms with Crippen LogP contribution in [-0.4, -0.2) is 29.6 Å². The topological polar surface area (TPSA) is 28.4 Å². The standard InChI is InChI=1S/C16H26N2O/c1-3-7-18(11-16-12(2)6-8-19-16)15-9-13-4-5-14(10-15)17-13/h6,8,13-15,17H,3-5,7,9-11H2,1-2H3. The molecule has 0 aromatic carbocycles. The van der Waals surface area contributed by atoms with Gasteiger partial charge in [0.05, 0.1) is 12.8 Å². The van der Waals surface area contributed by atoms with Crippen LogP contribution in [0.15, 0.2) is 16.7 Å². The van der Waals surface area contributed by atoms with Crippen molar-refractivity contribution in [2.24, 2.45) is 0 Å². The first-order valence-electron chi connectivity index (χ1n) is 7.79. The Morgan fingerprint density at radius 2 is 2.05 bits per heavy atom. The lowest BCUT2D eigenvalue weighted by atomic mass is 9.97.